The molecular formula is C12H17NOS. The normalized spacial score (nSPS) is 12.5. The molecule has 0 aliphatic rings. The van der Waals surface area contributed by atoms with Gasteiger partial charge in [-0.25, -0.2) is 0 Å². The van der Waals surface area contributed by atoms with E-state index in [9.17, 15) is 4.79 Å². The van der Waals surface area contributed by atoms with Crippen LogP contribution in [0.25, 0.3) is 0 Å². The molecule has 0 fully saturated rings. The van der Waals surface area contributed by atoms with E-state index < -0.39 is 0 Å². The molecule has 0 saturated carbocycles. The van der Waals surface area contributed by atoms with Gasteiger partial charge in [0, 0.05) is 6.04 Å². The molecule has 0 saturated heterocycles. The second-order valence-corrected chi connectivity index (χ2v) is 4.56. The average Bonchev–Trinajstić information content (AvgIpc) is 2.69. The van der Waals surface area contributed by atoms with E-state index in [2.05, 4.69) is 18.0 Å². The van der Waals surface area contributed by atoms with Crippen molar-refractivity contribution in [2.75, 3.05) is 0 Å². The highest BCUT2D eigenvalue weighted by molar-refractivity contribution is 7.07. The van der Waals surface area contributed by atoms with E-state index in [-0.39, 0.29) is 18.0 Å². The quantitative estimate of drug-likeness (QED) is 0.718. The number of hydrogen-bond donors (Lipinski definition) is 0. The minimum Gasteiger partial charge on any atom is -0.330 e. The topological polar surface area (TPSA) is 20.3 Å². The minimum absolute atomic E-state index is 0.0105. The Morgan fingerprint density at radius 1 is 1.53 bits per heavy atom. The van der Waals surface area contributed by atoms with Crippen molar-refractivity contribution in [1.82, 2.24) is 4.90 Å². The van der Waals surface area contributed by atoms with E-state index >= 15 is 0 Å². The van der Waals surface area contributed by atoms with Crippen LogP contribution in [0.1, 0.15) is 32.4 Å². The number of nitrogens with zero attached hydrogens (tertiary/aromatic N) is 1. The summed E-state index contributed by atoms with van der Waals surface area (Å²) in [6, 6.07) is 2.35. The lowest BCUT2D eigenvalue weighted by Crippen LogP contribution is -2.37. The summed E-state index contributed by atoms with van der Waals surface area (Å²) in [6.07, 6.45) is 1.38. The lowest BCUT2D eigenvalue weighted by molar-refractivity contribution is -0.129. The molecule has 0 aromatic carbocycles. The van der Waals surface area contributed by atoms with Crippen molar-refractivity contribution in [2.45, 2.75) is 32.9 Å². The van der Waals surface area contributed by atoms with Gasteiger partial charge in [-0.2, -0.15) is 11.3 Å². The molecule has 15 heavy (non-hydrogen) atoms. The van der Waals surface area contributed by atoms with Crippen molar-refractivity contribution in [2.24, 2.45) is 0 Å². The fourth-order valence-electron chi connectivity index (χ4n) is 1.67. The molecule has 1 amide bonds. The first kappa shape index (κ1) is 12.0. The van der Waals surface area contributed by atoms with E-state index in [0.29, 0.717) is 0 Å². The second kappa shape index (κ2) is 5.12. The number of carbonyl (C=O) groups is 1. The van der Waals surface area contributed by atoms with Crippen molar-refractivity contribution in [3.63, 3.8) is 0 Å². The molecule has 0 spiro atoms. The van der Waals surface area contributed by atoms with Gasteiger partial charge in [0.25, 0.3) is 0 Å². The molecule has 0 radical (unpaired) electrons. The van der Waals surface area contributed by atoms with Crippen molar-refractivity contribution in [1.29, 1.82) is 0 Å². The molecule has 1 aromatic heterocycles. The van der Waals surface area contributed by atoms with E-state index in [1.54, 1.807) is 11.3 Å². The van der Waals surface area contributed by atoms with E-state index in [1.165, 1.54) is 11.6 Å². The molecule has 1 rings (SSSR count). The summed E-state index contributed by atoms with van der Waals surface area (Å²) in [7, 11) is 0. The van der Waals surface area contributed by atoms with Crippen LogP contribution in [-0.4, -0.2) is 16.8 Å². The summed E-state index contributed by atoms with van der Waals surface area (Å²) < 4.78 is 0. The highest BCUT2D eigenvalue weighted by Gasteiger charge is 2.22. The zero-order valence-electron chi connectivity index (χ0n) is 9.43. The van der Waals surface area contributed by atoms with E-state index in [1.807, 2.05) is 31.1 Å². The van der Waals surface area contributed by atoms with Gasteiger partial charge in [-0.15, -0.1) is 0 Å². The Morgan fingerprint density at radius 2 is 2.20 bits per heavy atom. The van der Waals surface area contributed by atoms with E-state index in [4.69, 9.17) is 0 Å². The standard InChI is InChI=1S/C12H17NOS/c1-5-12(14)13(9(2)3)10(4)11-6-7-15-8-11/h5-10H,1H2,2-4H3. The van der Waals surface area contributed by atoms with Crippen LogP contribution in [0.3, 0.4) is 0 Å². The Labute approximate surface area is 95.2 Å². The molecule has 82 valence electrons. The van der Waals surface area contributed by atoms with Crippen molar-refractivity contribution >= 4 is 17.2 Å². The molecule has 2 nitrogen and oxygen atoms in total. The lowest BCUT2D eigenvalue weighted by atomic mass is 10.1. The van der Waals surface area contributed by atoms with Gasteiger partial charge in [0.2, 0.25) is 5.91 Å². The Hall–Kier alpha value is -1.09. The monoisotopic (exact) mass is 223 g/mol. The molecular weight excluding hydrogens is 206 g/mol. The maximum Gasteiger partial charge on any atom is 0.246 e. The van der Waals surface area contributed by atoms with Crippen LogP contribution >= 0.6 is 11.3 Å². The van der Waals surface area contributed by atoms with Crippen LogP contribution in [0, 0.1) is 0 Å². The summed E-state index contributed by atoms with van der Waals surface area (Å²) in [4.78, 5) is 13.5. The number of rotatable bonds is 4. The third kappa shape index (κ3) is 2.69. The number of carbonyl (C=O) groups excluding carboxylic acids is 1. The second-order valence-electron chi connectivity index (χ2n) is 3.78. The SMILES string of the molecule is C=CC(=O)N(C(C)C)C(C)c1ccsc1. The number of amides is 1. The first-order valence-corrected chi connectivity index (χ1v) is 5.99. The van der Waals surface area contributed by atoms with Gasteiger partial charge in [0.15, 0.2) is 0 Å². The van der Waals surface area contributed by atoms with Gasteiger partial charge in [-0.3, -0.25) is 4.79 Å². The van der Waals surface area contributed by atoms with Gasteiger partial charge >= 0.3 is 0 Å². The molecule has 3 heteroatoms. The molecule has 0 aliphatic carbocycles. The largest absolute Gasteiger partial charge is 0.330 e. The highest BCUT2D eigenvalue weighted by atomic mass is 32.1. The third-order valence-corrected chi connectivity index (χ3v) is 3.13. The fourth-order valence-corrected chi connectivity index (χ4v) is 2.42. The highest BCUT2D eigenvalue weighted by Crippen LogP contribution is 2.24. The zero-order chi connectivity index (χ0) is 11.4. The molecule has 0 bridgehead atoms. The molecule has 1 aromatic rings. The predicted molar refractivity (Wildman–Crippen MR) is 64.9 cm³/mol. The van der Waals surface area contributed by atoms with Gasteiger partial charge in [-0.05, 0) is 49.2 Å². The van der Waals surface area contributed by atoms with Crippen molar-refractivity contribution in [3.05, 3.63) is 35.0 Å². The molecule has 0 N–H and O–H groups in total. The molecule has 0 aliphatic heterocycles. The van der Waals surface area contributed by atoms with Crippen LogP contribution in [0.5, 0.6) is 0 Å². The van der Waals surface area contributed by atoms with Crippen LogP contribution in [-0.2, 0) is 4.79 Å². The van der Waals surface area contributed by atoms with Gasteiger partial charge in [0.05, 0.1) is 6.04 Å². The molecule has 1 atom stereocenters. The smallest absolute Gasteiger partial charge is 0.246 e. The summed E-state index contributed by atoms with van der Waals surface area (Å²) in [6.45, 7) is 9.62. The van der Waals surface area contributed by atoms with Crippen molar-refractivity contribution in [3.8, 4) is 0 Å². The van der Waals surface area contributed by atoms with Crippen LogP contribution in [0.2, 0.25) is 0 Å². The van der Waals surface area contributed by atoms with Gasteiger partial charge in [-0.1, -0.05) is 6.58 Å². The summed E-state index contributed by atoms with van der Waals surface area (Å²) in [5.74, 6) is -0.0105. The number of thiophene rings is 1. The Morgan fingerprint density at radius 3 is 2.60 bits per heavy atom. The molecule has 1 unspecified atom stereocenters. The first-order chi connectivity index (χ1) is 7.07. The Kier molecular flexibility index (Phi) is 4.09. The average molecular weight is 223 g/mol. The zero-order valence-corrected chi connectivity index (χ0v) is 10.3. The van der Waals surface area contributed by atoms with E-state index in [0.717, 1.165) is 0 Å². The number of hydrogen-bond acceptors (Lipinski definition) is 2. The predicted octanol–water partition coefficient (Wildman–Crippen LogP) is 3.23. The summed E-state index contributed by atoms with van der Waals surface area (Å²) in [5.41, 5.74) is 1.18. The minimum atomic E-state index is -0.0105. The van der Waals surface area contributed by atoms with Crippen molar-refractivity contribution < 1.29 is 4.79 Å². The first-order valence-electron chi connectivity index (χ1n) is 5.04. The summed E-state index contributed by atoms with van der Waals surface area (Å²) in [5, 5.41) is 4.11. The Balaban J connectivity index is 2.90. The van der Waals surface area contributed by atoms with Crippen LogP contribution < -0.4 is 0 Å². The van der Waals surface area contributed by atoms with Crippen LogP contribution in [0.15, 0.2) is 29.5 Å². The maximum atomic E-state index is 11.7. The third-order valence-electron chi connectivity index (χ3n) is 2.43. The maximum absolute atomic E-state index is 11.7. The summed E-state index contributed by atoms with van der Waals surface area (Å²) >= 11 is 1.65. The Bertz CT molecular complexity index is 329. The molecule has 1 heterocycles. The van der Waals surface area contributed by atoms with Crippen LogP contribution in [0.4, 0.5) is 0 Å². The lowest BCUT2D eigenvalue weighted by Gasteiger charge is -2.31. The van der Waals surface area contributed by atoms with Gasteiger partial charge in [0.1, 0.15) is 0 Å². The van der Waals surface area contributed by atoms with Gasteiger partial charge < -0.3 is 4.90 Å². The fraction of sp³-hybridized carbons (Fsp3) is 0.417.